The van der Waals surface area contributed by atoms with Crippen LogP contribution in [0.15, 0.2) is 28.7 Å². The normalized spacial score (nSPS) is 10.2. The molecule has 106 valence electrons. The van der Waals surface area contributed by atoms with Crippen LogP contribution in [0.3, 0.4) is 0 Å². The predicted molar refractivity (Wildman–Crippen MR) is 80.2 cm³/mol. The van der Waals surface area contributed by atoms with Gasteiger partial charge in [-0.15, -0.1) is 0 Å². The lowest BCUT2D eigenvalue weighted by atomic mass is 10.1. The van der Waals surface area contributed by atoms with E-state index >= 15 is 0 Å². The first kappa shape index (κ1) is 16.0. The number of rotatable bonds is 8. The van der Waals surface area contributed by atoms with Crippen molar-refractivity contribution in [1.82, 2.24) is 10.6 Å². The van der Waals surface area contributed by atoms with E-state index < -0.39 is 0 Å². The minimum atomic E-state index is -0.124. The fourth-order valence-electron chi connectivity index (χ4n) is 1.65. The van der Waals surface area contributed by atoms with E-state index in [9.17, 15) is 4.79 Å². The first-order valence-corrected chi connectivity index (χ1v) is 7.38. The third kappa shape index (κ3) is 7.85. The maximum absolute atomic E-state index is 11.4. The minimum absolute atomic E-state index is 0.124. The van der Waals surface area contributed by atoms with Crippen LogP contribution in [0.2, 0.25) is 0 Å². The number of urea groups is 1. The van der Waals surface area contributed by atoms with Gasteiger partial charge >= 0.3 is 6.03 Å². The molecule has 0 spiro atoms. The standard InChI is InChI=1S/C14H21BrN2O2/c15-13-6-4-12(5-7-13)8-10-17-14(19)16-9-2-1-3-11-18/h4-7,18H,1-3,8-11H2,(H2,16,17,19). The number of carbonyl (C=O) groups is 1. The van der Waals surface area contributed by atoms with Crippen LogP contribution in [-0.2, 0) is 6.42 Å². The molecule has 0 unspecified atom stereocenters. The Bertz CT molecular complexity index is 368. The van der Waals surface area contributed by atoms with Crippen LogP contribution in [0.4, 0.5) is 4.79 Å². The van der Waals surface area contributed by atoms with Crippen molar-refractivity contribution in [3.05, 3.63) is 34.3 Å². The summed E-state index contributed by atoms with van der Waals surface area (Å²) in [6.45, 7) is 1.51. The smallest absolute Gasteiger partial charge is 0.314 e. The molecule has 3 N–H and O–H groups in total. The second-order valence-electron chi connectivity index (χ2n) is 4.34. The Labute approximate surface area is 122 Å². The van der Waals surface area contributed by atoms with Gasteiger partial charge in [-0.1, -0.05) is 28.1 Å². The van der Waals surface area contributed by atoms with E-state index in [0.29, 0.717) is 13.1 Å². The van der Waals surface area contributed by atoms with Gasteiger partial charge in [-0.3, -0.25) is 0 Å². The first-order valence-electron chi connectivity index (χ1n) is 6.59. The van der Waals surface area contributed by atoms with Crippen LogP contribution in [0, 0.1) is 0 Å². The molecule has 0 aliphatic carbocycles. The van der Waals surface area contributed by atoms with Crippen molar-refractivity contribution in [1.29, 1.82) is 0 Å². The van der Waals surface area contributed by atoms with E-state index in [1.54, 1.807) is 0 Å². The number of aliphatic hydroxyl groups is 1. The molecule has 0 atom stereocenters. The van der Waals surface area contributed by atoms with Crippen molar-refractivity contribution in [2.75, 3.05) is 19.7 Å². The molecular formula is C14H21BrN2O2. The molecule has 2 amide bonds. The number of halogens is 1. The summed E-state index contributed by atoms with van der Waals surface area (Å²) in [6.07, 6.45) is 3.47. The van der Waals surface area contributed by atoms with Gasteiger partial charge in [0.1, 0.15) is 0 Å². The highest BCUT2D eigenvalue weighted by Gasteiger charge is 1.99. The van der Waals surface area contributed by atoms with Gasteiger partial charge in [0, 0.05) is 24.2 Å². The molecule has 1 aromatic carbocycles. The van der Waals surface area contributed by atoms with Crippen molar-refractivity contribution in [3.8, 4) is 0 Å². The van der Waals surface area contributed by atoms with Gasteiger partial charge in [0.25, 0.3) is 0 Å². The van der Waals surface area contributed by atoms with E-state index in [4.69, 9.17) is 5.11 Å². The lowest BCUT2D eigenvalue weighted by Gasteiger charge is -2.07. The number of benzene rings is 1. The van der Waals surface area contributed by atoms with Crippen LogP contribution in [0.25, 0.3) is 0 Å². The predicted octanol–water partition coefficient (Wildman–Crippen LogP) is 2.45. The Morgan fingerprint density at radius 3 is 2.42 bits per heavy atom. The lowest BCUT2D eigenvalue weighted by Crippen LogP contribution is -2.37. The number of hydrogen-bond acceptors (Lipinski definition) is 2. The second kappa shape index (κ2) is 9.81. The Morgan fingerprint density at radius 1 is 1.05 bits per heavy atom. The highest BCUT2D eigenvalue weighted by atomic mass is 79.9. The molecule has 0 aliphatic heterocycles. The van der Waals surface area contributed by atoms with Gasteiger partial charge in [0.05, 0.1) is 0 Å². The van der Waals surface area contributed by atoms with E-state index in [0.717, 1.165) is 30.2 Å². The van der Waals surface area contributed by atoms with E-state index in [1.807, 2.05) is 24.3 Å². The molecule has 0 bridgehead atoms. The second-order valence-corrected chi connectivity index (χ2v) is 5.26. The number of carbonyl (C=O) groups excluding carboxylic acids is 1. The monoisotopic (exact) mass is 328 g/mol. The number of nitrogens with one attached hydrogen (secondary N) is 2. The highest BCUT2D eigenvalue weighted by molar-refractivity contribution is 9.10. The quantitative estimate of drug-likeness (QED) is 0.642. The first-order chi connectivity index (χ1) is 9.22. The van der Waals surface area contributed by atoms with E-state index in [-0.39, 0.29) is 12.6 Å². The maximum Gasteiger partial charge on any atom is 0.314 e. The average molecular weight is 329 g/mol. The van der Waals surface area contributed by atoms with Crippen LogP contribution in [0.5, 0.6) is 0 Å². The molecule has 0 radical (unpaired) electrons. The molecule has 5 heteroatoms. The summed E-state index contributed by atoms with van der Waals surface area (Å²) >= 11 is 3.39. The van der Waals surface area contributed by atoms with Crippen LogP contribution in [-0.4, -0.2) is 30.8 Å². The zero-order valence-electron chi connectivity index (χ0n) is 11.0. The zero-order chi connectivity index (χ0) is 13.9. The number of unbranched alkanes of at least 4 members (excludes halogenated alkanes) is 2. The molecule has 1 rings (SSSR count). The topological polar surface area (TPSA) is 61.4 Å². The molecule has 1 aromatic rings. The molecule has 0 aromatic heterocycles. The lowest BCUT2D eigenvalue weighted by molar-refractivity contribution is 0.240. The average Bonchev–Trinajstić information content (AvgIpc) is 2.41. The SMILES string of the molecule is O=C(NCCCCCO)NCCc1ccc(Br)cc1. The molecule has 19 heavy (non-hydrogen) atoms. The van der Waals surface area contributed by atoms with Gasteiger partial charge in [0.15, 0.2) is 0 Å². The minimum Gasteiger partial charge on any atom is -0.396 e. The fourth-order valence-corrected chi connectivity index (χ4v) is 1.91. The van der Waals surface area contributed by atoms with Crippen LogP contribution in [0.1, 0.15) is 24.8 Å². The fraction of sp³-hybridized carbons (Fsp3) is 0.500. The Morgan fingerprint density at radius 2 is 1.74 bits per heavy atom. The molecule has 0 aliphatic rings. The molecule has 0 fully saturated rings. The van der Waals surface area contributed by atoms with Crippen molar-refractivity contribution < 1.29 is 9.90 Å². The third-order valence-corrected chi connectivity index (χ3v) is 3.26. The van der Waals surface area contributed by atoms with Crippen molar-refractivity contribution in [2.45, 2.75) is 25.7 Å². The summed E-state index contributed by atoms with van der Waals surface area (Å²) in [5.74, 6) is 0. The van der Waals surface area contributed by atoms with Gasteiger partial charge in [0.2, 0.25) is 0 Å². The highest BCUT2D eigenvalue weighted by Crippen LogP contribution is 2.10. The van der Waals surface area contributed by atoms with Gasteiger partial charge in [-0.05, 0) is 43.4 Å². The Hall–Kier alpha value is -1.07. The molecule has 4 nitrogen and oxygen atoms in total. The number of amides is 2. The van der Waals surface area contributed by atoms with E-state index in [2.05, 4.69) is 26.6 Å². The summed E-state index contributed by atoms with van der Waals surface area (Å²) in [5.41, 5.74) is 1.20. The summed E-state index contributed by atoms with van der Waals surface area (Å²) in [7, 11) is 0. The summed E-state index contributed by atoms with van der Waals surface area (Å²) in [6, 6.07) is 7.95. The Balaban J connectivity index is 2.05. The Kier molecular flexibility index (Phi) is 8.25. The van der Waals surface area contributed by atoms with Crippen LogP contribution >= 0.6 is 15.9 Å². The number of aliphatic hydroxyl groups excluding tert-OH is 1. The maximum atomic E-state index is 11.4. The van der Waals surface area contributed by atoms with Gasteiger partial charge < -0.3 is 15.7 Å². The molecular weight excluding hydrogens is 308 g/mol. The van der Waals surface area contributed by atoms with Gasteiger partial charge in [-0.2, -0.15) is 0 Å². The van der Waals surface area contributed by atoms with Crippen molar-refractivity contribution >= 4 is 22.0 Å². The molecule has 0 saturated carbocycles. The largest absolute Gasteiger partial charge is 0.396 e. The zero-order valence-corrected chi connectivity index (χ0v) is 12.6. The number of hydrogen-bond donors (Lipinski definition) is 3. The third-order valence-electron chi connectivity index (χ3n) is 2.73. The summed E-state index contributed by atoms with van der Waals surface area (Å²) in [5, 5.41) is 14.2. The van der Waals surface area contributed by atoms with E-state index in [1.165, 1.54) is 5.56 Å². The van der Waals surface area contributed by atoms with Crippen molar-refractivity contribution in [2.24, 2.45) is 0 Å². The van der Waals surface area contributed by atoms with Crippen LogP contribution < -0.4 is 10.6 Å². The van der Waals surface area contributed by atoms with Crippen molar-refractivity contribution in [3.63, 3.8) is 0 Å². The van der Waals surface area contributed by atoms with Gasteiger partial charge in [-0.25, -0.2) is 4.79 Å². The summed E-state index contributed by atoms with van der Waals surface area (Å²) in [4.78, 5) is 11.4. The molecule has 0 heterocycles. The summed E-state index contributed by atoms with van der Waals surface area (Å²) < 4.78 is 1.06. The molecule has 0 saturated heterocycles.